The van der Waals surface area contributed by atoms with Gasteiger partial charge in [-0.15, -0.1) is 0 Å². The van der Waals surface area contributed by atoms with Crippen LogP contribution in [0.1, 0.15) is 329 Å². The number of unbranched alkanes of at least 4 members (excludes halogenated alkanes) is 40. The largest absolute Gasteiger partial charge is 0.462 e. The van der Waals surface area contributed by atoms with Gasteiger partial charge in [-0.2, -0.15) is 0 Å². The minimum absolute atomic E-state index is 0.0847. The van der Waals surface area contributed by atoms with Gasteiger partial charge in [0.2, 0.25) is 0 Å². The van der Waals surface area contributed by atoms with Gasteiger partial charge in [-0.25, -0.2) is 0 Å². The van der Waals surface area contributed by atoms with Crippen molar-refractivity contribution in [3.8, 4) is 0 Å². The van der Waals surface area contributed by atoms with Gasteiger partial charge in [0.25, 0.3) is 0 Å². The SMILES string of the molecule is CCCCCCCCC/C=C\C=C/CCCCCCCC(=O)OC(COC(=O)CCCCC/C=C\C=C/CCCCCCCCC)COC(=O)CCCCCCCCCCCCCCCCCCCCC. The Labute approximate surface area is 441 Å². The average molecular weight is 996 g/mol. The summed E-state index contributed by atoms with van der Waals surface area (Å²) in [5.74, 6) is -0.908. The first kappa shape index (κ1) is 68.4. The molecule has 0 rings (SSSR count). The first-order chi connectivity index (χ1) is 35.0. The Morgan fingerprint density at radius 2 is 0.493 bits per heavy atom. The Hall–Kier alpha value is -2.63. The molecule has 0 amide bonds. The van der Waals surface area contributed by atoms with Crippen molar-refractivity contribution in [1.82, 2.24) is 0 Å². The fourth-order valence-corrected chi connectivity index (χ4v) is 9.13. The van der Waals surface area contributed by atoms with Crippen LogP contribution in [0.4, 0.5) is 0 Å². The molecule has 0 aliphatic heterocycles. The van der Waals surface area contributed by atoms with Crippen LogP contribution >= 0.6 is 0 Å². The fourth-order valence-electron chi connectivity index (χ4n) is 9.13. The zero-order valence-corrected chi connectivity index (χ0v) is 47.5. The molecule has 0 fully saturated rings. The second-order valence-corrected chi connectivity index (χ2v) is 21.0. The van der Waals surface area contributed by atoms with E-state index in [1.807, 2.05) is 0 Å². The van der Waals surface area contributed by atoms with E-state index in [0.29, 0.717) is 19.3 Å². The highest BCUT2D eigenvalue weighted by Crippen LogP contribution is 2.17. The minimum Gasteiger partial charge on any atom is -0.462 e. The summed E-state index contributed by atoms with van der Waals surface area (Å²) in [5, 5.41) is 0. The third-order valence-electron chi connectivity index (χ3n) is 13.9. The zero-order valence-electron chi connectivity index (χ0n) is 47.5. The van der Waals surface area contributed by atoms with Crippen molar-refractivity contribution in [2.45, 2.75) is 335 Å². The van der Waals surface area contributed by atoms with Crippen LogP contribution in [0.25, 0.3) is 0 Å². The van der Waals surface area contributed by atoms with E-state index in [-0.39, 0.29) is 31.1 Å². The summed E-state index contributed by atoms with van der Waals surface area (Å²) in [6.45, 7) is 6.64. The van der Waals surface area contributed by atoms with Crippen molar-refractivity contribution in [3.63, 3.8) is 0 Å². The quantitative estimate of drug-likeness (QED) is 0.0261. The Morgan fingerprint density at radius 3 is 0.761 bits per heavy atom. The molecule has 0 aromatic rings. The van der Waals surface area contributed by atoms with Crippen molar-refractivity contribution in [2.75, 3.05) is 13.2 Å². The van der Waals surface area contributed by atoms with Gasteiger partial charge < -0.3 is 14.2 Å². The summed E-state index contributed by atoms with van der Waals surface area (Å²) in [4.78, 5) is 38.3. The molecule has 0 aromatic heterocycles. The van der Waals surface area contributed by atoms with Crippen molar-refractivity contribution in [3.05, 3.63) is 48.6 Å². The Balaban J connectivity index is 4.40. The third-order valence-corrected chi connectivity index (χ3v) is 13.9. The molecule has 6 heteroatoms. The standard InChI is InChI=1S/C65H118O6/c1-4-7-10-13-16-19-22-25-28-31-33-35-37-40-43-46-49-52-55-58-64(67)70-61-62(60-69-63(66)57-54-51-48-45-42-39-36-30-27-24-21-18-15-12-9-6-3)71-65(68)59-56-53-50-47-44-41-38-34-32-29-26-23-20-17-14-11-8-5-2/h29-30,32,34,36,38-39,42,62H,4-28,31,33,35,37,40-41,43-61H2,1-3H3/b32-29-,36-30-,38-34-,42-39-. The van der Waals surface area contributed by atoms with Gasteiger partial charge in [-0.3, -0.25) is 14.4 Å². The lowest BCUT2D eigenvalue weighted by molar-refractivity contribution is -0.167. The van der Waals surface area contributed by atoms with E-state index in [1.165, 1.54) is 199 Å². The van der Waals surface area contributed by atoms with Crippen molar-refractivity contribution in [1.29, 1.82) is 0 Å². The summed E-state index contributed by atoms with van der Waals surface area (Å²) in [7, 11) is 0. The lowest BCUT2D eigenvalue weighted by atomic mass is 10.0. The number of hydrogen-bond donors (Lipinski definition) is 0. The first-order valence-corrected chi connectivity index (χ1v) is 31.2. The molecule has 0 aromatic carbocycles. The number of ether oxygens (including phenoxy) is 3. The Morgan fingerprint density at radius 1 is 0.282 bits per heavy atom. The monoisotopic (exact) mass is 995 g/mol. The Kier molecular flexibility index (Phi) is 57.7. The molecule has 0 bridgehead atoms. The maximum absolute atomic E-state index is 12.9. The molecule has 1 atom stereocenters. The van der Waals surface area contributed by atoms with Gasteiger partial charge >= 0.3 is 17.9 Å². The molecule has 0 aliphatic rings. The third kappa shape index (κ3) is 58.1. The second kappa shape index (κ2) is 59.9. The molecule has 0 heterocycles. The number of esters is 3. The molecule has 1 unspecified atom stereocenters. The van der Waals surface area contributed by atoms with Crippen LogP contribution in [0.2, 0.25) is 0 Å². The van der Waals surface area contributed by atoms with Crippen LogP contribution in [-0.2, 0) is 28.6 Å². The summed E-state index contributed by atoms with van der Waals surface area (Å²) in [6, 6.07) is 0. The highest BCUT2D eigenvalue weighted by molar-refractivity contribution is 5.71. The van der Waals surface area contributed by atoms with Gasteiger partial charge in [0.1, 0.15) is 13.2 Å². The summed E-state index contributed by atoms with van der Waals surface area (Å²) in [6.07, 6.45) is 74.0. The minimum atomic E-state index is -0.791. The molecule has 0 saturated carbocycles. The summed E-state index contributed by atoms with van der Waals surface area (Å²) < 4.78 is 16.9. The van der Waals surface area contributed by atoms with Crippen LogP contribution in [-0.4, -0.2) is 37.2 Å². The molecular weight excluding hydrogens is 877 g/mol. The summed E-state index contributed by atoms with van der Waals surface area (Å²) in [5.41, 5.74) is 0. The normalized spacial score (nSPS) is 12.3. The lowest BCUT2D eigenvalue weighted by Crippen LogP contribution is -2.30. The average Bonchev–Trinajstić information content (AvgIpc) is 3.37. The molecule has 0 saturated heterocycles. The maximum Gasteiger partial charge on any atom is 0.306 e. The van der Waals surface area contributed by atoms with Crippen molar-refractivity contribution in [2.24, 2.45) is 0 Å². The fraction of sp³-hybridized carbons (Fsp3) is 0.831. The van der Waals surface area contributed by atoms with Crippen LogP contribution < -0.4 is 0 Å². The van der Waals surface area contributed by atoms with Crippen LogP contribution in [0.3, 0.4) is 0 Å². The van der Waals surface area contributed by atoms with Gasteiger partial charge in [0.05, 0.1) is 0 Å². The van der Waals surface area contributed by atoms with E-state index in [0.717, 1.165) is 89.9 Å². The van der Waals surface area contributed by atoms with Gasteiger partial charge in [0, 0.05) is 19.3 Å². The van der Waals surface area contributed by atoms with Crippen molar-refractivity contribution >= 4 is 17.9 Å². The molecule has 414 valence electrons. The number of rotatable bonds is 57. The highest BCUT2D eigenvalue weighted by Gasteiger charge is 2.19. The van der Waals surface area contributed by atoms with E-state index in [4.69, 9.17) is 14.2 Å². The molecule has 71 heavy (non-hydrogen) atoms. The molecule has 0 spiro atoms. The topological polar surface area (TPSA) is 78.9 Å². The molecule has 0 aliphatic carbocycles. The van der Waals surface area contributed by atoms with Crippen molar-refractivity contribution < 1.29 is 28.6 Å². The number of carbonyl (C=O) groups is 3. The van der Waals surface area contributed by atoms with E-state index in [9.17, 15) is 14.4 Å². The van der Waals surface area contributed by atoms with E-state index >= 15 is 0 Å². The smallest absolute Gasteiger partial charge is 0.306 e. The molecular formula is C65H118O6. The highest BCUT2D eigenvalue weighted by atomic mass is 16.6. The van der Waals surface area contributed by atoms with E-state index in [1.54, 1.807) is 0 Å². The van der Waals surface area contributed by atoms with E-state index < -0.39 is 6.10 Å². The number of hydrogen-bond acceptors (Lipinski definition) is 6. The van der Waals surface area contributed by atoms with Crippen LogP contribution in [0, 0.1) is 0 Å². The molecule has 0 N–H and O–H groups in total. The predicted molar refractivity (Wildman–Crippen MR) is 307 cm³/mol. The second-order valence-electron chi connectivity index (χ2n) is 21.0. The first-order valence-electron chi connectivity index (χ1n) is 31.2. The van der Waals surface area contributed by atoms with Gasteiger partial charge in [-0.1, -0.05) is 288 Å². The summed E-state index contributed by atoms with van der Waals surface area (Å²) >= 11 is 0. The van der Waals surface area contributed by atoms with Crippen LogP contribution in [0.15, 0.2) is 48.6 Å². The number of carbonyl (C=O) groups excluding carboxylic acids is 3. The van der Waals surface area contributed by atoms with Gasteiger partial charge in [0.15, 0.2) is 6.10 Å². The van der Waals surface area contributed by atoms with Gasteiger partial charge in [-0.05, 0) is 70.6 Å². The predicted octanol–water partition coefficient (Wildman–Crippen LogP) is 21.0. The van der Waals surface area contributed by atoms with Crippen LogP contribution in [0.5, 0.6) is 0 Å². The van der Waals surface area contributed by atoms with E-state index in [2.05, 4.69) is 69.4 Å². The maximum atomic E-state index is 12.9. The Bertz CT molecular complexity index is 1230. The number of allylic oxidation sites excluding steroid dienone is 8. The molecule has 6 nitrogen and oxygen atoms in total. The molecule has 0 radical (unpaired) electrons. The zero-order chi connectivity index (χ0) is 51.4. The lowest BCUT2D eigenvalue weighted by Gasteiger charge is -2.18.